The third-order valence-corrected chi connectivity index (χ3v) is 3.15. The lowest BCUT2D eigenvalue weighted by molar-refractivity contribution is -0.121. The summed E-state index contributed by atoms with van der Waals surface area (Å²) in [6.07, 6.45) is 1.31. The topological polar surface area (TPSA) is 55.1 Å². The van der Waals surface area contributed by atoms with Crippen LogP contribution in [0.2, 0.25) is 0 Å². The molecule has 1 atom stereocenters. The van der Waals surface area contributed by atoms with Crippen molar-refractivity contribution in [1.29, 1.82) is 0 Å². The Hall–Kier alpha value is -0.870. The number of rotatable bonds is 6. The highest BCUT2D eigenvalue weighted by molar-refractivity contribution is 9.10. The summed E-state index contributed by atoms with van der Waals surface area (Å²) >= 11 is 3.40. The molecular formula is C14H21BrN2O. The van der Waals surface area contributed by atoms with Gasteiger partial charge in [0.25, 0.3) is 0 Å². The SMILES string of the molecule is CC(C)CC(CN)NC(=O)Cc1cccc(Br)c1. The molecule has 0 saturated heterocycles. The van der Waals surface area contributed by atoms with Gasteiger partial charge in [0.1, 0.15) is 0 Å². The first kappa shape index (κ1) is 15.2. The van der Waals surface area contributed by atoms with Crippen LogP contribution in [0.25, 0.3) is 0 Å². The lowest BCUT2D eigenvalue weighted by Crippen LogP contribution is -2.41. The molecular weight excluding hydrogens is 292 g/mol. The van der Waals surface area contributed by atoms with Crippen molar-refractivity contribution < 1.29 is 4.79 Å². The fourth-order valence-electron chi connectivity index (χ4n) is 1.89. The largest absolute Gasteiger partial charge is 0.352 e. The molecule has 0 saturated carbocycles. The standard InChI is InChI=1S/C14H21BrN2O/c1-10(2)6-13(9-16)17-14(18)8-11-4-3-5-12(15)7-11/h3-5,7,10,13H,6,8-9,16H2,1-2H3,(H,17,18). The molecule has 0 aromatic heterocycles. The lowest BCUT2D eigenvalue weighted by Gasteiger charge is -2.18. The normalized spacial score (nSPS) is 12.5. The summed E-state index contributed by atoms with van der Waals surface area (Å²) < 4.78 is 0.991. The van der Waals surface area contributed by atoms with E-state index >= 15 is 0 Å². The first-order valence-corrected chi connectivity index (χ1v) is 7.04. The highest BCUT2D eigenvalue weighted by Gasteiger charge is 2.12. The Kier molecular flexibility index (Phi) is 6.36. The maximum Gasteiger partial charge on any atom is 0.224 e. The van der Waals surface area contributed by atoms with E-state index in [1.54, 1.807) is 0 Å². The van der Waals surface area contributed by atoms with E-state index in [-0.39, 0.29) is 11.9 Å². The molecule has 0 heterocycles. The van der Waals surface area contributed by atoms with Crippen molar-refractivity contribution in [3.63, 3.8) is 0 Å². The van der Waals surface area contributed by atoms with Gasteiger partial charge in [-0.3, -0.25) is 4.79 Å². The molecule has 3 nitrogen and oxygen atoms in total. The zero-order valence-corrected chi connectivity index (χ0v) is 12.5. The molecule has 0 bridgehead atoms. The maximum atomic E-state index is 11.9. The molecule has 1 amide bonds. The van der Waals surface area contributed by atoms with Gasteiger partial charge >= 0.3 is 0 Å². The van der Waals surface area contributed by atoms with Gasteiger partial charge in [-0.25, -0.2) is 0 Å². The van der Waals surface area contributed by atoms with Gasteiger partial charge in [-0.05, 0) is 30.0 Å². The number of nitrogens with two attached hydrogens (primary N) is 1. The minimum Gasteiger partial charge on any atom is -0.352 e. The number of carbonyl (C=O) groups is 1. The van der Waals surface area contributed by atoms with Crippen LogP contribution in [0, 0.1) is 5.92 Å². The molecule has 0 spiro atoms. The van der Waals surface area contributed by atoms with E-state index in [9.17, 15) is 4.79 Å². The Morgan fingerprint density at radius 3 is 2.72 bits per heavy atom. The van der Waals surface area contributed by atoms with Crippen LogP contribution in [-0.2, 0) is 11.2 Å². The van der Waals surface area contributed by atoms with Crippen LogP contribution >= 0.6 is 15.9 Å². The Morgan fingerprint density at radius 1 is 1.44 bits per heavy atom. The zero-order chi connectivity index (χ0) is 13.5. The third kappa shape index (κ3) is 5.65. The van der Waals surface area contributed by atoms with E-state index in [1.807, 2.05) is 24.3 Å². The maximum absolute atomic E-state index is 11.9. The Balaban J connectivity index is 2.50. The summed E-state index contributed by atoms with van der Waals surface area (Å²) in [5.74, 6) is 0.564. The van der Waals surface area contributed by atoms with E-state index in [4.69, 9.17) is 5.73 Å². The van der Waals surface area contributed by atoms with Gasteiger partial charge in [0.05, 0.1) is 6.42 Å². The summed E-state index contributed by atoms with van der Waals surface area (Å²) in [5, 5.41) is 2.99. The number of hydrogen-bond acceptors (Lipinski definition) is 2. The monoisotopic (exact) mass is 312 g/mol. The molecule has 1 rings (SSSR count). The Bertz CT molecular complexity index is 393. The molecule has 3 N–H and O–H groups in total. The van der Waals surface area contributed by atoms with Crippen LogP contribution < -0.4 is 11.1 Å². The van der Waals surface area contributed by atoms with Crippen molar-refractivity contribution in [2.75, 3.05) is 6.54 Å². The minimum absolute atomic E-state index is 0.0317. The minimum atomic E-state index is 0.0317. The first-order chi connectivity index (χ1) is 8.51. The number of hydrogen-bond donors (Lipinski definition) is 2. The van der Waals surface area contributed by atoms with E-state index < -0.39 is 0 Å². The van der Waals surface area contributed by atoms with Gasteiger partial charge in [0.2, 0.25) is 5.91 Å². The summed E-state index contributed by atoms with van der Waals surface area (Å²) in [5.41, 5.74) is 6.67. The fraction of sp³-hybridized carbons (Fsp3) is 0.500. The van der Waals surface area contributed by atoms with Gasteiger partial charge in [-0.2, -0.15) is 0 Å². The lowest BCUT2D eigenvalue weighted by atomic mass is 10.0. The third-order valence-electron chi connectivity index (χ3n) is 2.66. The summed E-state index contributed by atoms with van der Waals surface area (Å²) in [7, 11) is 0. The van der Waals surface area contributed by atoms with Crippen molar-refractivity contribution in [3.05, 3.63) is 34.3 Å². The second-order valence-electron chi connectivity index (χ2n) is 4.94. The van der Waals surface area contributed by atoms with Crippen molar-refractivity contribution in [3.8, 4) is 0 Å². The molecule has 0 aliphatic heterocycles. The van der Waals surface area contributed by atoms with Crippen molar-refractivity contribution in [1.82, 2.24) is 5.32 Å². The molecule has 4 heteroatoms. The van der Waals surface area contributed by atoms with Gasteiger partial charge < -0.3 is 11.1 Å². The number of benzene rings is 1. The molecule has 1 unspecified atom stereocenters. The Morgan fingerprint density at radius 2 is 2.17 bits per heavy atom. The second kappa shape index (κ2) is 7.54. The van der Waals surface area contributed by atoms with E-state index in [1.165, 1.54) is 0 Å². The summed E-state index contributed by atoms with van der Waals surface area (Å²) in [6, 6.07) is 7.86. The van der Waals surface area contributed by atoms with Crippen molar-refractivity contribution >= 4 is 21.8 Å². The number of halogens is 1. The molecule has 18 heavy (non-hydrogen) atoms. The quantitative estimate of drug-likeness (QED) is 0.848. The molecule has 0 aliphatic rings. The van der Waals surface area contributed by atoms with E-state index in [0.29, 0.717) is 18.9 Å². The second-order valence-corrected chi connectivity index (χ2v) is 5.85. The molecule has 0 fully saturated rings. The predicted octanol–water partition coefficient (Wildman–Crippen LogP) is 2.48. The van der Waals surface area contributed by atoms with Crippen LogP contribution in [0.3, 0.4) is 0 Å². The van der Waals surface area contributed by atoms with Crippen LogP contribution in [0.15, 0.2) is 28.7 Å². The molecule has 0 aliphatic carbocycles. The molecule has 0 radical (unpaired) electrons. The van der Waals surface area contributed by atoms with Crippen LogP contribution in [0.5, 0.6) is 0 Å². The number of carbonyl (C=O) groups excluding carboxylic acids is 1. The van der Waals surface area contributed by atoms with Gasteiger partial charge in [0, 0.05) is 17.1 Å². The molecule has 1 aromatic rings. The van der Waals surface area contributed by atoms with Gasteiger partial charge in [0.15, 0.2) is 0 Å². The van der Waals surface area contributed by atoms with Gasteiger partial charge in [-0.15, -0.1) is 0 Å². The number of nitrogens with one attached hydrogen (secondary N) is 1. The zero-order valence-electron chi connectivity index (χ0n) is 10.9. The first-order valence-electron chi connectivity index (χ1n) is 6.25. The predicted molar refractivity (Wildman–Crippen MR) is 78.3 cm³/mol. The number of amides is 1. The van der Waals surface area contributed by atoms with Crippen LogP contribution in [0.4, 0.5) is 0 Å². The van der Waals surface area contributed by atoms with Crippen LogP contribution in [0.1, 0.15) is 25.8 Å². The fourth-order valence-corrected chi connectivity index (χ4v) is 2.34. The Labute approximate surface area is 117 Å². The van der Waals surface area contributed by atoms with Gasteiger partial charge in [-0.1, -0.05) is 41.9 Å². The highest BCUT2D eigenvalue weighted by Crippen LogP contribution is 2.12. The average molecular weight is 313 g/mol. The molecule has 1 aromatic carbocycles. The van der Waals surface area contributed by atoms with E-state index in [0.717, 1.165) is 16.5 Å². The summed E-state index contributed by atoms with van der Waals surface area (Å²) in [6.45, 7) is 4.74. The smallest absolute Gasteiger partial charge is 0.224 e. The highest BCUT2D eigenvalue weighted by atomic mass is 79.9. The van der Waals surface area contributed by atoms with Crippen molar-refractivity contribution in [2.45, 2.75) is 32.7 Å². The van der Waals surface area contributed by atoms with Crippen LogP contribution in [-0.4, -0.2) is 18.5 Å². The molecule has 100 valence electrons. The average Bonchev–Trinajstić information content (AvgIpc) is 2.27. The van der Waals surface area contributed by atoms with Crippen molar-refractivity contribution in [2.24, 2.45) is 11.7 Å². The summed E-state index contributed by atoms with van der Waals surface area (Å²) in [4.78, 5) is 11.9. The van der Waals surface area contributed by atoms with E-state index in [2.05, 4.69) is 35.1 Å².